The molecule has 2 aliphatic rings. The summed E-state index contributed by atoms with van der Waals surface area (Å²) in [4.78, 5) is 48.3. The Hall–Kier alpha value is -3.49. The molecule has 2 aliphatic heterocycles. The number of carbonyl (C=O) groups excluding carboxylic acids is 2. The van der Waals surface area contributed by atoms with E-state index in [1.165, 1.54) is 23.8 Å². The molecule has 11 nitrogen and oxygen atoms in total. The summed E-state index contributed by atoms with van der Waals surface area (Å²) in [7, 11) is 1.29. The number of fused-ring (bicyclic) bond motifs is 2. The summed E-state index contributed by atoms with van der Waals surface area (Å²) in [6, 6.07) is 3.09. The van der Waals surface area contributed by atoms with Crippen molar-refractivity contribution in [1.82, 2.24) is 15.2 Å². The highest BCUT2D eigenvalue weighted by molar-refractivity contribution is 8.00. The van der Waals surface area contributed by atoms with Crippen LogP contribution >= 0.6 is 34.4 Å². The fraction of sp³-hybridized carbons (Fsp3) is 0.273. The summed E-state index contributed by atoms with van der Waals surface area (Å²) in [6.07, 6.45) is 1.93. The van der Waals surface area contributed by atoms with E-state index in [2.05, 4.69) is 15.5 Å². The highest BCUT2D eigenvalue weighted by atomic mass is 32.2. The summed E-state index contributed by atoms with van der Waals surface area (Å²) in [5.74, 6) is -1.94. The lowest BCUT2D eigenvalue weighted by molar-refractivity contribution is -0.663. The Balaban J connectivity index is 1.38. The zero-order valence-corrected chi connectivity index (χ0v) is 21.6. The fourth-order valence-electron chi connectivity index (χ4n) is 4.23. The molecular weight excluding hydrogens is 524 g/mol. The Bertz CT molecular complexity index is 1460. The number of nitrogen functional groups attached to an aromatic ring is 1. The van der Waals surface area contributed by atoms with Gasteiger partial charge < -0.3 is 21.0 Å². The van der Waals surface area contributed by atoms with E-state index in [0.29, 0.717) is 17.9 Å². The molecule has 0 saturated carbocycles. The van der Waals surface area contributed by atoms with Crippen molar-refractivity contribution < 1.29 is 28.9 Å². The van der Waals surface area contributed by atoms with Crippen molar-refractivity contribution in [2.75, 3.05) is 18.6 Å². The number of pyridine rings is 1. The van der Waals surface area contributed by atoms with Crippen LogP contribution in [0.3, 0.4) is 0 Å². The molecule has 186 valence electrons. The fourth-order valence-corrected chi connectivity index (χ4v) is 7.01. The SMILES string of the molecule is CON=C(C(=O)NC1C(=O)N2C(C(=O)O)=C(C[n+]3ccc(C)c4sccc43)CS[C@H]12)c1csc(N)n1. The van der Waals surface area contributed by atoms with Gasteiger partial charge in [-0.15, -0.1) is 34.4 Å². The van der Waals surface area contributed by atoms with Gasteiger partial charge in [0.2, 0.25) is 5.52 Å². The molecule has 2 amide bonds. The van der Waals surface area contributed by atoms with Crippen molar-refractivity contribution in [3.05, 3.63) is 51.6 Å². The molecule has 3 aromatic heterocycles. The average molecular weight is 546 g/mol. The topological polar surface area (TPSA) is 151 Å². The summed E-state index contributed by atoms with van der Waals surface area (Å²) in [5, 5.41) is 19.7. The van der Waals surface area contributed by atoms with Crippen LogP contribution in [0, 0.1) is 6.92 Å². The van der Waals surface area contributed by atoms with Crippen molar-refractivity contribution in [2.24, 2.45) is 5.16 Å². The summed E-state index contributed by atoms with van der Waals surface area (Å²) in [6.45, 7) is 2.37. The van der Waals surface area contributed by atoms with Gasteiger partial charge in [0.25, 0.3) is 11.8 Å². The molecule has 0 aromatic carbocycles. The van der Waals surface area contributed by atoms with Crippen LogP contribution in [0.4, 0.5) is 5.13 Å². The number of nitrogens with zero attached hydrogens (tertiary/aromatic N) is 4. The molecular formula is C22H21N6O5S3+. The maximum atomic E-state index is 13.1. The summed E-state index contributed by atoms with van der Waals surface area (Å²) in [5.41, 5.74) is 8.51. The van der Waals surface area contributed by atoms with Crippen LogP contribution < -0.4 is 15.6 Å². The Morgan fingerprint density at radius 1 is 1.39 bits per heavy atom. The molecule has 1 fully saturated rings. The van der Waals surface area contributed by atoms with E-state index in [0.717, 1.165) is 27.1 Å². The first-order valence-electron chi connectivity index (χ1n) is 10.7. The third-order valence-corrected chi connectivity index (χ3v) is 8.93. The van der Waals surface area contributed by atoms with Crippen LogP contribution in [0.2, 0.25) is 0 Å². The van der Waals surface area contributed by atoms with E-state index >= 15 is 0 Å². The van der Waals surface area contributed by atoms with Crippen molar-refractivity contribution in [3.63, 3.8) is 0 Å². The number of aryl methyl sites for hydroxylation is 1. The first-order chi connectivity index (χ1) is 17.3. The third-order valence-electron chi connectivity index (χ3n) is 5.88. The van der Waals surface area contributed by atoms with Crippen LogP contribution in [0.15, 0.2) is 45.5 Å². The number of β-lactam (4-membered cyclic amide) rings is 1. The number of nitrogens with one attached hydrogen (secondary N) is 1. The zero-order chi connectivity index (χ0) is 25.6. The number of carboxylic acid groups (broad SMARTS) is 1. The minimum atomic E-state index is -1.18. The third kappa shape index (κ3) is 4.10. The largest absolute Gasteiger partial charge is 0.477 e. The van der Waals surface area contributed by atoms with Crippen LogP contribution in [0.1, 0.15) is 11.3 Å². The number of aliphatic carboxylic acids is 1. The van der Waals surface area contributed by atoms with Gasteiger partial charge in [-0.1, -0.05) is 5.16 Å². The van der Waals surface area contributed by atoms with Crippen LogP contribution in [-0.2, 0) is 25.8 Å². The molecule has 0 radical (unpaired) electrons. The molecule has 5 rings (SSSR count). The first kappa shape index (κ1) is 24.2. The number of carboxylic acids is 1. The average Bonchev–Trinajstić information content (AvgIpc) is 3.52. The number of aromatic nitrogens is 2. The maximum Gasteiger partial charge on any atom is 0.352 e. The normalized spacial score (nSPS) is 19.8. The molecule has 1 saturated heterocycles. The standard InChI is InChI=1S/C22H20N6O5S3/c1-10-3-5-27(13-4-6-34-17(10)13)7-11-8-35-20-15(19(30)28(20)16(11)21(31)32)25-18(29)14(26-33-2)12-9-36-22(23)24-12/h3-6,9,15,20H,7-8H2,1-2H3,(H3-,23,24,25,29,31,32)/p+1/t15?,20-/m1/s1. The summed E-state index contributed by atoms with van der Waals surface area (Å²) < 4.78 is 3.13. The monoisotopic (exact) mass is 545 g/mol. The van der Waals surface area contributed by atoms with Gasteiger partial charge in [-0.3, -0.25) is 14.5 Å². The Labute approximate surface area is 217 Å². The second-order valence-electron chi connectivity index (χ2n) is 8.07. The number of oxime groups is 1. The Morgan fingerprint density at radius 3 is 2.89 bits per heavy atom. The van der Waals surface area contributed by atoms with Crippen molar-refractivity contribution in [1.29, 1.82) is 0 Å². The van der Waals surface area contributed by atoms with E-state index < -0.39 is 29.2 Å². The Kier molecular flexibility index (Phi) is 6.40. The number of rotatable bonds is 7. The van der Waals surface area contributed by atoms with Crippen LogP contribution in [0.5, 0.6) is 0 Å². The number of nitrogens with two attached hydrogens (primary N) is 1. The number of thioether (sulfide) groups is 1. The van der Waals surface area contributed by atoms with E-state index in [9.17, 15) is 19.5 Å². The number of thiophene rings is 1. The zero-order valence-electron chi connectivity index (χ0n) is 19.1. The molecule has 2 atom stereocenters. The van der Waals surface area contributed by atoms with E-state index in [4.69, 9.17) is 10.6 Å². The lowest BCUT2D eigenvalue weighted by Crippen LogP contribution is -2.71. The molecule has 36 heavy (non-hydrogen) atoms. The van der Waals surface area contributed by atoms with Crippen LogP contribution in [-0.4, -0.2) is 62.8 Å². The number of hydrogen-bond donors (Lipinski definition) is 3. The predicted octanol–water partition coefficient (Wildman–Crippen LogP) is 1.33. The van der Waals surface area contributed by atoms with Gasteiger partial charge in [0.15, 0.2) is 23.6 Å². The number of thiazole rings is 1. The molecule has 0 spiro atoms. The smallest absolute Gasteiger partial charge is 0.352 e. The van der Waals surface area contributed by atoms with Gasteiger partial charge in [-0.05, 0) is 17.9 Å². The minimum Gasteiger partial charge on any atom is -0.477 e. The second-order valence-corrected chi connectivity index (χ2v) is 11.0. The van der Waals surface area contributed by atoms with Crippen molar-refractivity contribution in [3.8, 4) is 0 Å². The van der Waals surface area contributed by atoms with Gasteiger partial charge in [-0.2, -0.15) is 4.57 Å². The van der Waals surface area contributed by atoms with Crippen molar-refractivity contribution >= 4 is 73.3 Å². The van der Waals surface area contributed by atoms with E-state index in [1.807, 2.05) is 35.2 Å². The number of anilines is 1. The van der Waals surface area contributed by atoms with E-state index in [1.54, 1.807) is 16.7 Å². The molecule has 5 heterocycles. The van der Waals surface area contributed by atoms with Gasteiger partial charge in [0.1, 0.15) is 34.6 Å². The molecule has 14 heteroatoms. The van der Waals surface area contributed by atoms with Crippen molar-refractivity contribution in [2.45, 2.75) is 24.9 Å². The van der Waals surface area contributed by atoms with E-state index in [-0.39, 0.29) is 22.2 Å². The lowest BCUT2D eigenvalue weighted by Gasteiger charge is -2.49. The van der Waals surface area contributed by atoms with Crippen LogP contribution in [0.25, 0.3) is 10.2 Å². The molecule has 3 aromatic rings. The maximum absolute atomic E-state index is 13.1. The van der Waals surface area contributed by atoms with Gasteiger partial charge in [0, 0.05) is 28.8 Å². The molecule has 0 bridgehead atoms. The lowest BCUT2D eigenvalue weighted by atomic mass is 10.0. The number of carbonyl (C=O) groups is 3. The van der Waals surface area contributed by atoms with Gasteiger partial charge in [-0.25, -0.2) is 9.78 Å². The van der Waals surface area contributed by atoms with Gasteiger partial charge >= 0.3 is 5.97 Å². The summed E-state index contributed by atoms with van der Waals surface area (Å²) >= 11 is 4.17. The first-order valence-corrected chi connectivity index (χ1v) is 13.5. The van der Waals surface area contributed by atoms with Gasteiger partial charge in [0.05, 0.1) is 0 Å². The molecule has 0 aliphatic carbocycles. The quantitative estimate of drug-likeness (QED) is 0.174. The minimum absolute atomic E-state index is 0.0382. The highest BCUT2D eigenvalue weighted by Gasteiger charge is 2.54. The predicted molar refractivity (Wildman–Crippen MR) is 137 cm³/mol. The number of amides is 2. The number of hydrogen-bond acceptors (Lipinski definition) is 10. The Morgan fingerprint density at radius 2 is 2.19 bits per heavy atom. The molecule has 4 N–H and O–H groups in total. The molecule has 1 unspecified atom stereocenters. The second kappa shape index (κ2) is 9.52. The highest BCUT2D eigenvalue weighted by Crippen LogP contribution is 2.40.